The predicted octanol–water partition coefficient (Wildman–Crippen LogP) is 1.43. The molecule has 3 nitrogen and oxygen atoms in total. The third-order valence-corrected chi connectivity index (χ3v) is 3.01. The van der Waals surface area contributed by atoms with Gasteiger partial charge in [-0.05, 0) is 38.1 Å². The number of nitrogens with one attached hydrogen (secondary N) is 1. The first-order valence-corrected chi connectivity index (χ1v) is 5.47. The van der Waals surface area contributed by atoms with E-state index in [1.165, 1.54) is 0 Å². The molecule has 1 aliphatic rings. The highest BCUT2D eigenvalue weighted by atomic mass is 19.4. The van der Waals surface area contributed by atoms with Crippen LogP contribution in [0.5, 0.6) is 0 Å². The van der Waals surface area contributed by atoms with Gasteiger partial charge in [0.05, 0.1) is 0 Å². The normalized spacial score (nSPS) is 26.5. The van der Waals surface area contributed by atoms with Crippen molar-refractivity contribution in [3.63, 3.8) is 0 Å². The van der Waals surface area contributed by atoms with Crippen LogP contribution in [0.3, 0.4) is 0 Å². The summed E-state index contributed by atoms with van der Waals surface area (Å²) >= 11 is 0. The number of rotatable bonds is 3. The summed E-state index contributed by atoms with van der Waals surface area (Å²) in [7, 11) is 0. The Morgan fingerprint density at radius 1 is 1.25 bits per heavy atom. The molecule has 0 radical (unpaired) electrons. The quantitative estimate of drug-likeness (QED) is 0.781. The molecule has 0 unspecified atom stereocenters. The molecule has 1 rings (SSSR count). The molecule has 0 atom stereocenters. The van der Waals surface area contributed by atoms with Crippen molar-refractivity contribution in [1.82, 2.24) is 5.32 Å². The van der Waals surface area contributed by atoms with Gasteiger partial charge in [0.15, 0.2) is 0 Å². The van der Waals surface area contributed by atoms with E-state index >= 15 is 0 Å². The highest BCUT2D eigenvalue weighted by Crippen LogP contribution is 2.28. The molecule has 0 aromatic rings. The largest absolute Gasteiger partial charge is 0.405 e. The van der Waals surface area contributed by atoms with Crippen LogP contribution < -0.4 is 11.1 Å². The average Bonchev–Trinajstić information content (AvgIpc) is 2.25. The topological polar surface area (TPSA) is 55.1 Å². The summed E-state index contributed by atoms with van der Waals surface area (Å²) < 4.78 is 35.6. The smallest absolute Gasteiger partial charge is 0.347 e. The van der Waals surface area contributed by atoms with Crippen molar-refractivity contribution in [2.24, 2.45) is 17.6 Å². The molecular weight excluding hydrogens is 221 g/mol. The van der Waals surface area contributed by atoms with Gasteiger partial charge in [-0.1, -0.05) is 0 Å². The van der Waals surface area contributed by atoms with Crippen molar-refractivity contribution in [3.05, 3.63) is 0 Å². The number of alkyl halides is 3. The van der Waals surface area contributed by atoms with Crippen LogP contribution in [0, 0.1) is 11.8 Å². The van der Waals surface area contributed by atoms with Gasteiger partial charge in [-0.3, -0.25) is 4.79 Å². The molecule has 0 aliphatic heterocycles. The number of nitrogens with two attached hydrogens (primary N) is 1. The van der Waals surface area contributed by atoms with E-state index in [4.69, 9.17) is 5.73 Å². The molecule has 0 aromatic carbocycles. The van der Waals surface area contributed by atoms with E-state index in [-0.39, 0.29) is 5.92 Å². The zero-order valence-corrected chi connectivity index (χ0v) is 9.02. The molecule has 6 heteroatoms. The van der Waals surface area contributed by atoms with E-state index in [0.29, 0.717) is 25.3 Å². The first kappa shape index (κ1) is 13.3. The summed E-state index contributed by atoms with van der Waals surface area (Å²) in [6.45, 7) is -0.639. The van der Waals surface area contributed by atoms with Crippen molar-refractivity contribution >= 4 is 5.91 Å². The van der Waals surface area contributed by atoms with Gasteiger partial charge < -0.3 is 11.1 Å². The minimum absolute atomic E-state index is 0.273. The van der Waals surface area contributed by atoms with Crippen molar-refractivity contribution < 1.29 is 18.0 Å². The highest BCUT2D eigenvalue weighted by Gasteiger charge is 2.31. The van der Waals surface area contributed by atoms with E-state index in [2.05, 4.69) is 0 Å². The van der Waals surface area contributed by atoms with Gasteiger partial charge in [-0.25, -0.2) is 0 Å². The van der Waals surface area contributed by atoms with Gasteiger partial charge in [-0.15, -0.1) is 0 Å². The van der Waals surface area contributed by atoms with E-state index in [9.17, 15) is 18.0 Å². The Morgan fingerprint density at radius 3 is 2.25 bits per heavy atom. The standard InChI is InChI=1S/C10H17F3N2O/c11-10(12,13)6-15-9(16)8-3-1-7(5-14)2-4-8/h7-8H,1-6,14H2,(H,15,16). The molecule has 16 heavy (non-hydrogen) atoms. The fourth-order valence-corrected chi connectivity index (χ4v) is 1.99. The molecular formula is C10H17F3N2O. The van der Waals surface area contributed by atoms with E-state index < -0.39 is 18.6 Å². The second-order valence-corrected chi connectivity index (χ2v) is 4.29. The molecule has 1 amide bonds. The lowest BCUT2D eigenvalue weighted by molar-refractivity contribution is -0.141. The van der Waals surface area contributed by atoms with Gasteiger partial charge in [-0.2, -0.15) is 13.2 Å². The Kier molecular flexibility index (Phi) is 4.58. The van der Waals surface area contributed by atoms with Crippen LogP contribution in [0.1, 0.15) is 25.7 Å². The van der Waals surface area contributed by atoms with Crippen LogP contribution in [-0.4, -0.2) is 25.2 Å². The summed E-state index contributed by atoms with van der Waals surface area (Å²) in [5.41, 5.74) is 5.49. The molecule has 3 N–H and O–H groups in total. The summed E-state index contributed by atoms with van der Waals surface area (Å²) in [5.74, 6) is -0.329. The Morgan fingerprint density at radius 2 is 1.81 bits per heavy atom. The van der Waals surface area contributed by atoms with E-state index in [0.717, 1.165) is 12.8 Å². The maximum atomic E-state index is 11.9. The van der Waals surface area contributed by atoms with Crippen LogP contribution in [0.25, 0.3) is 0 Å². The van der Waals surface area contributed by atoms with Crippen molar-refractivity contribution in [3.8, 4) is 0 Å². The molecule has 1 fully saturated rings. The molecule has 0 heterocycles. The lowest BCUT2D eigenvalue weighted by atomic mass is 9.81. The van der Waals surface area contributed by atoms with Gasteiger partial charge in [0.25, 0.3) is 0 Å². The summed E-state index contributed by atoms with van der Waals surface area (Å²) in [6, 6.07) is 0. The maximum absolute atomic E-state index is 11.9. The summed E-state index contributed by atoms with van der Waals surface area (Å²) in [4.78, 5) is 11.4. The molecule has 0 spiro atoms. The van der Waals surface area contributed by atoms with E-state index in [1.807, 2.05) is 5.32 Å². The average molecular weight is 238 g/mol. The molecule has 0 saturated heterocycles. The third kappa shape index (κ3) is 4.38. The number of halogens is 3. The predicted molar refractivity (Wildman–Crippen MR) is 53.6 cm³/mol. The van der Waals surface area contributed by atoms with Crippen molar-refractivity contribution in [1.29, 1.82) is 0 Å². The fraction of sp³-hybridized carbons (Fsp3) is 0.900. The highest BCUT2D eigenvalue weighted by molar-refractivity contribution is 5.78. The van der Waals surface area contributed by atoms with Gasteiger partial charge in [0.2, 0.25) is 5.91 Å². The number of hydrogen-bond donors (Lipinski definition) is 2. The SMILES string of the molecule is NCC1CCC(C(=O)NCC(F)(F)F)CC1. The van der Waals surface area contributed by atoms with E-state index in [1.54, 1.807) is 0 Å². The Bertz CT molecular complexity index is 235. The van der Waals surface area contributed by atoms with Gasteiger partial charge >= 0.3 is 6.18 Å². The summed E-state index contributed by atoms with van der Waals surface area (Å²) in [6.07, 6.45) is -1.37. The molecule has 0 aromatic heterocycles. The number of carbonyl (C=O) groups is 1. The Hall–Kier alpha value is -0.780. The number of hydrogen-bond acceptors (Lipinski definition) is 2. The molecule has 1 aliphatic carbocycles. The molecule has 1 saturated carbocycles. The summed E-state index contributed by atoms with van der Waals surface area (Å²) in [5, 5.41) is 1.93. The zero-order valence-electron chi connectivity index (χ0n) is 9.02. The first-order valence-electron chi connectivity index (χ1n) is 5.47. The fourth-order valence-electron chi connectivity index (χ4n) is 1.99. The second-order valence-electron chi connectivity index (χ2n) is 4.29. The van der Waals surface area contributed by atoms with Crippen LogP contribution >= 0.6 is 0 Å². The zero-order chi connectivity index (χ0) is 12.2. The maximum Gasteiger partial charge on any atom is 0.405 e. The number of amides is 1. The lowest BCUT2D eigenvalue weighted by Gasteiger charge is -2.26. The van der Waals surface area contributed by atoms with Crippen molar-refractivity contribution in [2.45, 2.75) is 31.9 Å². The minimum Gasteiger partial charge on any atom is -0.347 e. The molecule has 94 valence electrons. The van der Waals surface area contributed by atoms with Crippen LogP contribution in [0.4, 0.5) is 13.2 Å². The van der Waals surface area contributed by atoms with Crippen LogP contribution in [-0.2, 0) is 4.79 Å². The van der Waals surface area contributed by atoms with Crippen LogP contribution in [0.15, 0.2) is 0 Å². The lowest BCUT2D eigenvalue weighted by Crippen LogP contribution is -2.39. The second kappa shape index (κ2) is 5.52. The monoisotopic (exact) mass is 238 g/mol. The van der Waals surface area contributed by atoms with Gasteiger partial charge in [0, 0.05) is 5.92 Å². The Balaban J connectivity index is 2.28. The number of carbonyl (C=O) groups excluding carboxylic acids is 1. The Labute approximate surface area is 92.6 Å². The van der Waals surface area contributed by atoms with Gasteiger partial charge in [0.1, 0.15) is 6.54 Å². The third-order valence-electron chi connectivity index (χ3n) is 3.01. The first-order chi connectivity index (χ1) is 7.42. The minimum atomic E-state index is -4.33. The molecule has 0 bridgehead atoms. The van der Waals surface area contributed by atoms with Crippen molar-refractivity contribution in [2.75, 3.05) is 13.1 Å². The van der Waals surface area contributed by atoms with Crippen LogP contribution in [0.2, 0.25) is 0 Å².